The molecule has 4 nitrogen and oxygen atoms in total. The first-order valence-electron chi connectivity index (χ1n) is 9.58. The van der Waals surface area contributed by atoms with Gasteiger partial charge in [0, 0.05) is 32.5 Å². The molecule has 0 saturated carbocycles. The Morgan fingerprint density at radius 3 is 2.61 bits per heavy atom. The van der Waals surface area contributed by atoms with Crippen molar-refractivity contribution in [2.75, 3.05) is 13.1 Å². The fraction of sp³-hybridized carbons (Fsp3) is 0.364. The van der Waals surface area contributed by atoms with Gasteiger partial charge in [-0.05, 0) is 42.0 Å². The van der Waals surface area contributed by atoms with Crippen LogP contribution in [-0.4, -0.2) is 29.8 Å². The van der Waals surface area contributed by atoms with E-state index in [4.69, 9.17) is 23.2 Å². The van der Waals surface area contributed by atoms with Gasteiger partial charge < -0.3 is 10.2 Å². The van der Waals surface area contributed by atoms with E-state index in [1.54, 1.807) is 6.07 Å². The predicted molar refractivity (Wildman–Crippen MR) is 113 cm³/mol. The average molecular weight is 419 g/mol. The number of amides is 2. The standard InChI is InChI=1S/C22H24Cl2N2O2/c23-19-8-3-7-17(22(19)24)10-11-20(27)25-13-4-9-21(28)26-14-12-16-5-1-2-6-18(16)15-26/h1-3,5-8H,4,9-15H2,(H,25,27). The van der Waals surface area contributed by atoms with Gasteiger partial charge in [-0.1, -0.05) is 59.6 Å². The topological polar surface area (TPSA) is 49.4 Å². The number of nitrogens with zero attached hydrogens (tertiary/aromatic N) is 1. The van der Waals surface area contributed by atoms with Crippen molar-refractivity contribution in [3.63, 3.8) is 0 Å². The van der Waals surface area contributed by atoms with E-state index < -0.39 is 0 Å². The number of fused-ring (bicyclic) bond motifs is 1. The molecule has 2 aromatic carbocycles. The van der Waals surface area contributed by atoms with Crippen LogP contribution in [0.4, 0.5) is 0 Å². The van der Waals surface area contributed by atoms with Gasteiger partial charge in [-0.3, -0.25) is 9.59 Å². The second-order valence-electron chi connectivity index (χ2n) is 7.00. The molecule has 148 valence electrons. The molecule has 0 radical (unpaired) electrons. The number of rotatable bonds is 7. The summed E-state index contributed by atoms with van der Waals surface area (Å²) < 4.78 is 0. The molecule has 0 aliphatic carbocycles. The highest BCUT2D eigenvalue weighted by molar-refractivity contribution is 6.42. The van der Waals surface area contributed by atoms with E-state index in [9.17, 15) is 9.59 Å². The molecular formula is C22H24Cl2N2O2. The maximum atomic E-state index is 12.4. The van der Waals surface area contributed by atoms with Gasteiger partial charge in [-0.15, -0.1) is 0 Å². The normalized spacial score (nSPS) is 13.1. The molecule has 0 atom stereocenters. The Morgan fingerprint density at radius 1 is 1.00 bits per heavy atom. The fourth-order valence-corrected chi connectivity index (χ4v) is 3.83. The summed E-state index contributed by atoms with van der Waals surface area (Å²) in [4.78, 5) is 26.3. The van der Waals surface area contributed by atoms with Gasteiger partial charge in [0.25, 0.3) is 0 Å². The van der Waals surface area contributed by atoms with Crippen LogP contribution < -0.4 is 5.32 Å². The van der Waals surface area contributed by atoms with E-state index in [1.807, 2.05) is 29.2 Å². The summed E-state index contributed by atoms with van der Waals surface area (Å²) >= 11 is 12.1. The van der Waals surface area contributed by atoms with Crippen molar-refractivity contribution in [1.29, 1.82) is 0 Å². The van der Waals surface area contributed by atoms with Crippen molar-refractivity contribution in [1.82, 2.24) is 10.2 Å². The van der Waals surface area contributed by atoms with Crippen LogP contribution >= 0.6 is 23.2 Å². The third-order valence-corrected chi connectivity index (χ3v) is 5.88. The zero-order valence-corrected chi connectivity index (χ0v) is 17.2. The Bertz CT molecular complexity index is 854. The molecule has 0 unspecified atom stereocenters. The summed E-state index contributed by atoms with van der Waals surface area (Å²) in [5.41, 5.74) is 3.43. The lowest BCUT2D eigenvalue weighted by Gasteiger charge is -2.29. The van der Waals surface area contributed by atoms with Gasteiger partial charge in [0.05, 0.1) is 10.0 Å². The number of halogens is 2. The van der Waals surface area contributed by atoms with Crippen LogP contribution in [0.25, 0.3) is 0 Å². The van der Waals surface area contributed by atoms with E-state index in [0.717, 1.165) is 18.5 Å². The van der Waals surface area contributed by atoms with Crippen molar-refractivity contribution >= 4 is 35.0 Å². The molecule has 2 aromatic rings. The van der Waals surface area contributed by atoms with E-state index in [0.29, 0.717) is 48.8 Å². The van der Waals surface area contributed by atoms with Crippen LogP contribution in [-0.2, 0) is 29.0 Å². The Hall–Kier alpha value is -2.04. The molecule has 28 heavy (non-hydrogen) atoms. The molecule has 0 saturated heterocycles. The van der Waals surface area contributed by atoms with Gasteiger partial charge >= 0.3 is 0 Å². The Morgan fingerprint density at radius 2 is 1.79 bits per heavy atom. The van der Waals surface area contributed by atoms with E-state index in [2.05, 4.69) is 17.4 Å². The highest BCUT2D eigenvalue weighted by Crippen LogP contribution is 2.26. The van der Waals surface area contributed by atoms with Gasteiger partial charge in [-0.25, -0.2) is 0 Å². The largest absolute Gasteiger partial charge is 0.356 e. The smallest absolute Gasteiger partial charge is 0.222 e. The Labute approximate surface area is 175 Å². The minimum atomic E-state index is -0.0459. The zero-order chi connectivity index (χ0) is 19.9. The van der Waals surface area contributed by atoms with E-state index in [1.165, 1.54) is 11.1 Å². The van der Waals surface area contributed by atoms with Crippen molar-refractivity contribution in [2.24, 2.45) is 0 Å². The fourth-order valence-electron chi connectivity index (χ4n) is 3.41. The number of hydrogen-bond acceptors (Lipinski definition) is 2. The maximum Gasteiger partial charge on any atom is 0.222 e. The summed E-state index contributed by atoms with van der Waals surface area (Å²) in [5.74, 6) is 0.102. The number of benzene rings is 2. The van der Waals surface area contributed by atoms with Crippen molar-refractivity contribution in [3.05, 3.63) is 69.2 Å². The lowest BCUT2D eigenvalue weighted by Crippen LogP contribution is -2.36. The second kappa shape index (κ2) is 9.94. The number of aryl methyl sites for hydroxylation is 1. The second-order valence-corrected chi connectivity index (χ2v) is 7.79. The quantitative estimate of drug-likeness (QED) is 0.676. The molecule has 0 aromatic heterocycles. The molecule has 0 bridgehead atoms. The minimum Gasteiger partial charge on any atom is -0.356 e. The highest BCUT2D eigenvalue weighted by Gasteiger charge is 2.19. The van der Waals surface area contributed by atoms with Crippen LogP contribution in [0.2, 0.25) is 10.0 Å². The van der Waals surface area contributed by atoms with Crippen LogP contribution in [0.3, 0.4) is 0 Å². The molecule has 1 N–H and O–H groups in total. The van der Waals surface area contributed by atoms with Crippen molar-refractivity contribution in [2.45, 2.75) is 38.6 Å². The minimum absolute atomic E-state index is 0.0459. The molecule has 1 aliphatic heterocycles. The summed E-state index contributed by atoms with van der Waals surface area (Å²) in [6, 6.07) is 13.7. The Balaban J connectivity index is 1.35. The van der Waals surface area contributed by atoms with Crippen LogP contribution in [0.5, 0.6) is 0 Å². The molecule has 1 aliphatic rings. The summed E-state index contributed by atoms with van der Waals surface area (Å²) in [6.45, 7) is 1.95. The lowest BCUT2D eigenvalue weighted by molar-refractivity contribution is -0.132. The Kier molecular flexibility index (Phi) is 7.35. The lowest BCUT2D eigenvalue weighted by atomic mass is 9.99. The molecule has 6 heteroatoms. The van der Waals surface area contributed by atoms with Crippen molar-refractivity contribution in [3.8, 4) is 0 Å². The van der Waals surface area contributed by atoms with Crippen LogP contribution in [0, 0.1) is 0 Å². The molecule has 1 heterocycles. The first kappa shape index (κ1) is 20.7. The van der Waals surface area contributed by atoms with E-state index >= 15 is 0 Å². The van der Waals surface area contributed by atoms with Crippen LogP contribution in [0.1, 0.15) is 36.0 Å². The third-order valence-electron chi connectivity index (χ3n) is 5.03. The number of hydrogen-bond donors (Lipinski definition) is 1. The third kappa shape index (κ3) is 5.49. The first-order chi connectivity index (χ1) is 13.5. The number of carbonyl (C=O) groups is 2. The van der Waals surface area contributed by atoms with E-state index in [-0.39, 0.29) is 11.8 Å². The molecule has 2 amide bonds. The number of carbonyl (C=O) groups excluding carboxylic acids is 2. The average Bonchev–Trinajstić information content (AvgIpc) is 2.71. The summed E-state index contributed by atoms with van der Waals surface area (Å²) in [7, 11) is 0. The number of nitrogens with one attached hydrogen (secondary N) is 1. The zero-order valence-electron chi connectivity index (χ0n) is 15.7. The van der Waals surface area contributed by atoms with Gasteiger partial charge in [0.15, 0.2) is 0 Å². The monoisotopic (exact) mass is 418 g/mol. The maximum absolute atomic E-state index is 12.4. The summed E-state index contributed by atoms with van der Waals surface area (Å²) in [6.07, 6.45) is 2.88. The van der Waals surface area contributed by atoms with Crippen molar-refractivity contribution < 1.29 is 9.59 Å². The molecular weight excluding hydrogens is 395 g/mol. The van der Waals surface area contributed by atoms with Gasteiger partial charge in [0.2, 0.25) is 11.8 Å². The first-order valence-corrected chi connectivity index (χ1v) is 10.3. The van der Waals surface area contributed by atoms with Gasteiger partial charge in [0.1, 0.15) is 0 Å². The predicted octanol–water partition coefficient (Wildman–Crippen LogP) is 4.41. The molecule has 3 rings (SSSR count). The SMILES string of the molecule is O=C(CCc1cccc(Cl)c1Cl)NCCCC(=O)N1CCc2ccccc2C1. The summed E-state index contributed by atoms with van der Waals surface area (Å²) in [5, 5.41) is 3.88. The van der Waals surface area contributed by atoms with Crippen LogP contribution in [0.15, 0.2) is 42.5 Å². The highest BCUT2D eigenvalue weighted by atomic mass is 35.5. The molecule has 0 spiro atoms. The molecule has 0 fully saturated rings. The van der Waals surface area contributed by atoms with Gasteiger partial charge in [-0.2, -0.15) is 0 Å².